The molecule has 0 aromatic carbocycles. The van der Waals surface area contributed by atoms with E-state index in [1.807, 2.05) is 6.92 Å². The molecule has 3 aliphatic rings. The number of likely N-dealkylation sites (N-methyl/N-ethyl adjacent to an activating group) is 1. The van der Waals surface area contributed by atoms with Crippen molar-refractivity contribution < 1.29 is 39.2 Å². The van der Waals surface area contributed by atoms with E-state index in [-0.39, 0.29) is 18.5 Å². The summed E-state index contributed by atoms with van der Waals surface area (Å²) in [5.74, 6) is -3.03. The normalized spacial score (nSPS) is 40.9. The first kappa shape index (κ1) is 25.8. The number of hydrogen-bond donors (Lipinski definition) is 5. The van der Waals surface area contributed by atoms with E-state index in [1.54, 1.807) is 14.0 Å². The van der Waals surface area contributed by atoms with Crippen molar-refractivity contribution in [2.75, 3.05) is 7.05 Å². The van der Waals surface area contributed by atoms with Gasteiger partial charge in [0, 0.05) is 12.0 Å². The first-order valence-corrected chi connectivity index (χ1v) is 11.7. The summed E-state index contributed by atoms with van der Waals surface area (Å²) in [5, 5.41) is 49.8. The third-order valence-electron chi connectivity index (χ3n) is 7.13. The summed E-state index contributed by atoms with van der Waals surface area (Å²) in [6.45, 7) is 3.62. The summed E-state index contributed by atoms with van der Waals surface area (Å²) < 4.78 is 17.9. The van der Waals surface area contributed by atoms with Gasteiger partial charge in [-0.3, -0.25) is 19.9 Å². The molecule has 5 N–H and O–H groups in total. The van der Waals surface area contributed by atoms with Gasteiger partial charge in [0.05, 0.1) is 47.4 Å². The van der Waals surface area contributed by atoms with Crippen LogP contribution in [0.5, 0.6) is 0 Å². The maximum atomic E-state index is 12.8. The number of amides is 1. The third kappa shape index (κ3) is 4.77. The Hall–Kier alpha value is -2.26. The molecule has 3 unspecified atom stereocenters. The van der Waals surface area contributed by atoms with Gasteiger partial charge in [0.2, 0.25) is 18.0 Å². The summed E-state index contributed by atoms with van der Waals surface area (Å²) in [6.07, 6.45) is -3.85. The summed E-state index contributed by atoms with van der Waals surface area (Å²) >= 11 is 0. The lowest BCUT2D eigenvalue weighted by Crippen LogP contribution is -2.77. The number of ether oxygens (including phenoxy) is 3. The van der Waals surface area contributed by atoms with Gasteiger partial charge in [-0.05, 0) is 32.9 Å². The zero-order valence-corrected chi connectivity index (χ0v) is 19.7. The van der Waals surface area contributed by atoms with Crippen LogP contribution in [0.1, 0.15) is 32.4 Å². The van der Waals surface area contributed by atoms with Crippen LogP contribution in [-0.4, -0.2) is 92.9 Å². The molecule has 1 saturated carbocycles. The number of aromatic nitrogens is 1. The van der Waals surface area contributed by atoms with E-state index in [2.05, 4.69) is 15.6 Å². The Bertz CT molecular complexity index is 934. The maximum absolute atomic E-state index is 12.8. The molecule has 2 saturated heterocycles. The number of aliphatic hydroxyl groups excluding tert-OH is 2. The molecule has 35 heavy (non-hydrogen) atoms. The minimum absolute atomic E-state index is 0.174. The number of aliphatic hydroxyl groups is 3. The van der Waals surface area contributed by atoms with Crippen molar-refractivity contribution in [3.63, 3.8) is 0 Å². The Labute approximate surface area is 201 Å². The van der Waals surface area contributed by atoms with Crippen LogP contribution in [-0.2, 0) is 25.4 Å². The first-order chi connectivity index (χ1) is 16.6. The minimum atomic E-state index is -2.08. The zero-order chi connectivity index (χ0) is 25.5. The Kier molecular flexibility index (Phi) is 7.38. The van der Waals surface area contributed by atoms with Gasteiger partial charge in [-0.25, -0.2) is 0 Å². The summed E-state index contributed by atoms with van der Waals surface area (Å²) in [5.41, 5.74) is 0.130. The van der Waals surface area contributed by atoms with Crippen molar-refractivity contribution in [2.45, 2.75) is 87.8 Å². The Morgan fingerprint density at radius 3 is 2.63 bits per heavy atom. The molecule has 0 radical (unpaired) electrons. The molecule has 13 heteroatoms. The van der Waals surface area contributed by atoms with Crippen LogP contribution < -0.4 is 10.6 Å². The Morgan fingerprint density at radius 1 is 1.29 bits per heavy atom. The van der Waals surface area contributed by atoms with Crippen LogP contribution in [0.4, 0.5) is 5.69 Å². The molecule has 0 bridgehead atoms. The second-order valence-corrected chi connectivity index (χ2v) is 9.38. The highest BCUT2D eigenvalue weighted by Crippen LogP contribution is 2.43. The highest BCUT2D eigenvalue weighted by molar-refractivity contribution is 5.78. The first-order valence-electron chi connectivity index (χ1n) is 11.7. The van der Waals surface area contributed by atoms with E-state index in [0.29, 0.717) is 12.1 Å². The SMILES string of the molecule is CC[C@@H]1[C@H](O)[C@H](NC)C2O[C@]3(O)C(OC2[C@H]1O)O[C@H](C)C[C@H]3NC(=O)Cc1ccc([N+](=O)[O-])cn1. The van der Waals surface area contributed by atoms with E-state index >= 15 is 0 Å². The number of nitro groups is 1. The van der Waals surface area contributed by atoms with Gasteiger partial charge in [-0.2, -0.15) is 0 Å². The molecule has 13 nitrogen and oxygen atoms in total. The van der Waals surface area contributed by atoms with Gasteiger partial charge in [-0.15, -0.1) is 0 Å². The molecule has 1 aliphatic carbocycles. The summed E-state index contributed by atoms with van der Waals surface area (Å²) in [7, 11) is 1.64. The van der Waals surface area contributed by atoms with E-state index in [4.69, 9.17) is 14.2 Å². The molecule has 3 heterocycles. The van der Waals surface area contributed by atoms with Crippen molar-refractivity contribution in [1.82, 2.24) is 15.6 Å². The molecule has 1 amide bonds. The molecule has 1 aromatic rings. The van der Waals surface area contributed by atoms with E-state index in [1.165, 1.54) is 12.1 Å². The van der Waals surface area contributed by atoms with Crippen LogP contribution in [0.3, 0.4) is 0 Å². The number of carbonyl (C=O) groups is 1. The lowest BCUT2D eigenvalue weighted by molar-refractivity contribution is -0.450. The predicted molar refractivity (Wildman–Crippen MR) is 119 cm³/mol. The Balaban J connectivity index is 1.52. The average Bonchev–Trinajstić information content (AvgIpc) is 2.80. The van der Waals surface area contributed by atoms with Crippen molar-refractivity contribution in [3.8, 4) is 0 Å². The third-order valence-corrected chi connectivity index (χ3v) is 7.13. The van der Waals surface area contributed by atoms with Crippen molar-refractivity contribution in [3.05, 3.63) is 34.1 Å². The van der Waals surface area contributed by atoms with E-state index in [0.717, 1.165) is 6.20 Å². The van der Waals surface area contributed by atoms with Gasteiger partial charge in [0.1, 0.15) is 18.4 Å². The topological polar surface area (TPSA) is 186 Å². The minimum Gasteiger partial charge on any atom is -0.391 e. The van der Waals surface area contributed by atoms with Crippen LogP contribution in [0, 0.1) is 16.0 Å². The highest BCUT2D eigenvalue weighted by atomic mass is 16.8. The Morgan fingerprint density at radius 2 is 2.03 bits per heavy atom. The zero-order valence-electron chi connectivity index (χ0n) is 19.7. The van der Waals surface area contributed by atoms with E-state index < -0.39 is 71.4 Å². The number of fused-ring (bicyclic) bond motifs is 2. The standard InChI is InChI=1S/C22H32N4O9/c1-4-13-17(28)16(23-3)19-20(18(13)29)34-21-22(30,35-19)14(7-10(2)33-21)25-15(27)8-11-5-6-12(9-24-11)26(31)32/h5-6,9-10,13-14,16-21,23,28-30H,4,7-8H2,1-3H3,(H,25,27)/t10-,13-,14-,16+,17+,18+,19?,20?,21?,22+/m1/s1. The molecule has 2 aliphatic heterocycles. The van der Waals surface area contributed by atoms with Crippen molar-refractivity contribution in [2.24, 2.45) is 5.92 Å². The number of carbonyl (C=O) groups excluding carboxylic acids is 1. The van der Waals surface area contributed by atoms with Crippen LogP contribution >= 0.6 is 0 Å². The summed E-state index contributed by atoms with van der Waals surface area (Å²) in [6, 6.07) is 1.07. The van der Waals surface area contributed by atoms with Crippen molar-refractivity contribution >= 4 is 11.6 Å². The number of nitrogens with one attached hydrogen (secondary N) is 2. The van der Waals surface area contributed by atoms with Gasteiger partial charge < -0.3 is 40.2 Å². The molecule has 0 spiro atoms. The van der Waals surface area contributed by atoms with Gasteiger partial charge in [-0.1, -0.05) is 6.92 Å². The quantitative estimate of drug-likeness (QED) is 0.240. The molecular formula is C22H32N4O9. The number of hydrogen-bond acceptors (Lipinski definition) is 11. The lowest BCUT2D eigenvalue weighted by Gasteiger charge is -2.58. The molecule has 3 fully saturated rings. The van der Waals surface area contributed by atoms with E-state index in [9.17, 15) is 30.2 Å². The van der Waals surface area contributed by atoms with Crippen LogP contribution in [0.25, 0.3) is 0 Å². The molecule has 4 rings (SSSR count). The number of nitrogens with zero attached hydrogens (tertiary/aromatic N) is 2. The van der Waals surface area contributed by atoms with Gasteiger partial charge in [0.15, 0.2) is 0 Å². The van der Waals surface area contributed by atoms with Gasteiger partial charge in [0.25, 0.3) is 5.69 Å². The monoisotopic (exact) mass is 496 g/mol. The van der Waals surface area contributed by atoms with Crippen LogP contribution in [0.15, 0.2) is 18.3 Å². The largest absolute Gasteiger partial charge is 0.391 e. The maximum Gasteiger partial charge on any atom is 0.287 e. The fraction of sp³-hybridized carbons (Fsp3) is 0.727. The number of pyridine rings is 1. The second-order valence-electron chi connectivity index (χ2n) is 9.38. The molecule has 1 aromatic heterocycles. The van der Waals surface area contributed by atoms with Gasteiger partial charge >= 0.3 is 0 Å². The summed E-state index contributed by atoms with van der Waals surface area (Å²) in [4.78, 5) is 27.0. The smallest absolute Gasteiger partial charge is 0.287 e. The average molecular weight is 497 g/mol. The predicted octanol–water partition coefficient (Wildman–Crippen LogP) is -1.03. The van der Waals surface area contributed by atoms with Crippen LogP contribution in [0.2, 0.25) is 0 Å². The second kappa shape index (κ2) is 10.0. The van der Waals surface area contributed by atoms with Crippen molar-refractivity contribution in [1.29, 1.82) is 0 Å². The highest BCUT2D eigenvalue weighted by Gasteiger charge is 2.63. The number of rotatable bonds is 6. The molecule has 194 valence electrons. The fourth-order valence-corrected chi connectivity index (χ4v) is 5.28. The lowest BCUT2D eigenvalue weighted by atomic mass is 9.74. The molecule has 10 atom stereocenters. The molecular weight excluding hydrogens is 464 g/mol. The fourth-order valence-electron chi connectivity index (χ4n) is 5.28.